The number of anilines is 1. The lowest BCUT2D eigenvalue weighted by Crippen LogP contribution is -2.37. The smallest absolute Gasteiger partial charge is 0.260 e. The standard InChI is InChI=1S/C21H20F2N2O2S2/c1-2-28-16-7-5-13(6-8-16)20(26)25(12-15-4-3-9-27-15)21-24-19-17(23)10-14(22)11-18(19)29-21/h5-8,10-11,15H,2-4,9,12H2,1H3. The maximum atomic E-state index is 14.1. The molecule has 4 rings (SSSR count). The number of aromatic nitrogens is 1. The third-order valence-corrected chi connectivity index (χ3v) is 6.62. The number of fused-ring (bicyclic) bond motifs is 1. The first-order valence-electron chi connectivity index (χ1n) is 9.47. The number of carbonyl (C=O) groups excluding carboxylic acids is 1. The van der Waals surface area contributed by atoms with Crippen LogP contribution < -0.4 is 4.90 Å². The van der Waals surface area contributed by atoms with E-state index in [4.69, 9.17) is 4.74 Å². The fourth-order valence-corrected chi connectivity index (χ4v) is 4.99. The highest BCUT2D eigenvalue weighted by Crippen LogP contribution is 2.33. The fourth-order valence-electron chi connectivity index (χ4n) is 3.32. The van der Waals surface area contributed by atoms with Gasteiger partial charge in [0.25, 0.3) is 5.91 Å². The van der Waals surface area contributed by atoms with Crippen LogP contribution in [0.25, 0.3) is 10.2 Å². The van der Waals surface area contributed by atoms with E-state index in [9.17, 15) is 13.6 Å². The number of nitrogens with zero attached hydrogens (tertiary/aromatic N) is 2. The number of halogens is 2. The Balaban J connectivity index is 1.69. The van der Waals surface area contributed by atoms with Crippen molar-refractivity contribution in [3.8, 4) is 0 Å². The van der Waals surface area contributed by atoms with Crippen molar-refractivity contribution in [3.05, 3.63) is 53.6 Å². The van der Waals surface area contributed by atoms with Crippen molar-refractivity contribution < 1.29 is 18.3 Å². The molecule has 1 unspecified atom stereocenters. The average molecular weight is 435 g/mol. The summed E-state index contributed by atoms with van der Waals surface area (Å²) in [5.41, 5.74) is 0.598. The molecule has 8 heteroatoms. The predicted octanol–water partition coefficient (Wildman–Crippen LogP) is 5.51. The van der Waals surface area contributed by atoms with Crippen molar-refractivity contribution in [2.75, 3.05) is 23.8 Å². The van der Waals surface area contributed by atoms with Crippen molar-refractivity contribution in [1.29, 1.82) is 0 Å². The number of rotatable bonds is 6. The predicted molar refractivity (Wildman–Crippen MR) is 113 cm³/mol. The number of hydrogen-bond donors (Lipinski definition) is 0. The lowest BCUT2D eigenvalue weighted by molar-refractivity contribution is 0.0917. The molecule has 1 atom stereocenters. The summed E-state index contributed by atoms with van der Waals surface area (Å²) in [5, 5.41) is 0.344. The molecule has 0 N–H and O–H groups in total. The summed E-state index contributed by atoms with van der Waals surface area (Å²) in [6.07, 6.45) is 1.70. The van der Waals surface area contributed by atoms with E-state index in [2.05, 4.69) is 11.9 Å². The maximum Gasteiger partial charge on any atom is 0.260 e. The maximum absolute atomic E-state index is 14.1. The van der Waals surface area contributed by atoms with E-state index in [1.54, 1.807) is 23.9 Å². The number of ether oxygens (including phenoxy) is 1. The molecule has 152 valence electrons. The highest BCUT2D eigenvalue weighted by Gasteiger charge is 2.27. The zero-order chi connectivity index (χ0) is 20.4. The van der Waals surface area contributed by atoms with Gasteiger partial charge in [0.1, 0.15) is 11.3 Å². The van der Waals surface area contributed by atoms with Gasteiger partial charge in [0.2, 0.25) is 0 Å². The molecule has 0 bridgehead atoms. The SMILES string of the molecule is CCSc1ccc(C(=O)N(CC2CCCO2)c2nc3c(F)cc(F)cc3s2)cc1. The van der Waals surface area contributed by atoms with Crippen LogP contribution in [0.5, 0.6) is 0 Å². The third kappa shape index (κ3) is 4.44. The molecule has 1 aliphatic rings. The van der Waals surface area contributed by atoms with Gasteiger partial charge in [-0.2, -0.15) is 0 Å². The van der Waals surface area contributed by atoms with Crippen LogP contribution in [-0.4, -0.2) is 35.9 Å². The van der Waals surface area contributed by atoms with Crippen LogP contribution >= 0.6 is 23.1 Å². The molecule has 1 amide bonds. The second-order valence-electron chi connectivity index (χ2n) is 6.74. The lowest BCUT2D eigenvalue weighted by Gasteiger charge is -2.23. The number of amides is 1. The minimum absolute atomic E-state index is 0.0752. The number of hydrogen-bond acceptors (Lipinski definition) is 5. The number of carbonyl (C=O) groups is 1. The summed E-state index contributed by atoms with van der Waals surface area (Å²) in [7, 11) is 0. The second-order valence-corrected chi connectivity index (χ2v) is 9.09. The van der Waals surface area contributed by atoms with E-state index in [0.717, 1.165) is 40.9 Å². The molecular weight excluding hydrogens is 414 g/mol. The van der Waals surface area contributed by atoms with Crippen molar-refractivity contribution in [2.24, 2.45) is 0 Å². The largest absolute Gasteiger partial charge is 0.376 e. The van der Waals surface area contributed by atoms with E-state index in [1.807, 2.05) is 12.1 Å². The number of thiazole rings is 1. The van der Waals surface area contributed by atoms with Crippen molar-refractivity contribution in [1.82, 2.24) is 4.98 Å². The third-order valence-electron chi connectivity index (χ3n) is 4.70. The summed E-state index contributed by atoms with van der Waals surface area (Å²) in [6, 6.07) is 9.46. The van der Waals surface area contributed by atoms with Crippen LogP contribution in [0.4, 0.5) is 13.9 Å². The Labute approximate surface area is 175 Å². The lowest BCUT2D eigenvalue weighted by atomic mass is 10.2. The van der Waals surface area contributed by atoms with Crippen LogP contribution in [0, 0.1) is 11.6 Å². The second kappa shape index (κ2) is 8.77. The Morgan fingerprint density at radius 2 is 2.10 bits per heavy atom. The summed E-state index contributed by atoms with van der Waals surface area (Å²) in [4.78, 5) is 20.2. The number of benzene rings is 2. The summed E-state index contributed by atoms with van der Waals surface area (Å²) in [6.45, 7) is 3.06. The van der Waals surface area contributed by atoms with Crippen LogP contribution in [0.1, 0.15) is 30.1 Å². The molecule has 0 spiro atoms. The fraction of sp³-hybridized carbons (Fsp3) is 0.333. The first kappa shape index (κ1) is 20.3. The van der Waals surface area contributed by atoms with Crippen LogP contribution in [0.2, 0.25) is 0 Å². The Kier molecular flexibility index (Phi) is 6.12. The highest BCUT2D eigenvalue weighted by molar-refractivity contribution is 7.99. The minimum atomic E-state index is -0.729. The van der Waals surface area contributed by atoms with Gasteiger partial charge in [-0.3, -0.25) is 9.69 Å². The van der Waals surface area contributed by atoms with Crippen molar-refractivity contribution in [2.45, 2.75) is 30.8 Å². The van der Waals surface area contributed by atoms with Crippen molar-refractivity contribution >= 4 is 44.4 Å². The van der Waals surface area contributed by atoms with E-state index in [-0.39, 0.29) is 17.5 Å². The van der Waals surface area contributed by atoms with E-state index >= 15 is 0 Å². The Hall–Kier alpha value is -2.03. The zero-order valence-corrected chi connectivity index (χ0v) is 17.5. The summed E-state index contributed by atoms with van der Waals surface area (Å²) in [5.74, 6) is -0.667. The van der Waals surface area contributed by atoms with E-state index in [1.165, 1.54) is 11.0 Å². The van der Waals surface area contributed by atoms with Crippen LogP contribution in [-0.2, 0) is 4.74 Å². The first-order valence-corrected chi connectivity index (χ1v) is 11.3. The van der Waals surface area contributed by atoms with Crippen LogP contribution in [0.3, 0.4) is 0 Å². The van der Waals surface area contributed by atoms with E-state index in [0.29, 0.717) is 28.5 Å². The van der Waals surface area contributed by atoms with Gasteiger partial charge in [-0.1, -0.05) is 18.3 Å². The molecule has 1 fully saturated rings. The molecule has 2 aromatic carbocycles. The topological polar surface area (TPSA) is 42.4 Å². The van der Waals surface area contributed by atoms with Gasteiger partial charge in [0, 0.05) is 23.1 Å². The summed E-state index contributed by atoms with van der Waals surface area (Å²) >= 11 is 2.81. The van der Waals surface area contributed by atoms with Gasteiger partial charge in [-0.05, 0) is 48.9 Å². The van der Waals surface area contributed by atoms with Gasteiger partial charge in [0.15, 0.2) is 10.9 Å². The molecule has 2 heterocycles. The molecule has 0 aliphatic carbocycles. The van der Waals surface area contributed by atoms with Gasteiger partial charge >= 0.3 is 0 Å². The molecule has 3 aromatic rings. The molecule has 0 radical (unpaired) electrons. The molecular formula is C21H20F2N2O2S2. The highest BCUT2D eigenvalue weighted by atomic mass is 32.2. The Morgan fingerprint density at radius 3 is 2.79 bits per heavy atom. The molecule has 4 nitrogen and oxygen atoms in total. The number of thioether (sulfide) groups is 1. The minimum Gasteiger partial charge on any atom is -0.376 e. The molecule has 0 saturated carbocycles. The average Bonchev–Trinajstić information content (AvgIpc) is 3.36. The van der Waals surface area contributed by atoms with Crippen molar-refractivity contribution in [3.63, 3.8) is 0 Å². The quantitative estimate of drug-likeness (QED) is 0.480. The normalized spacial score (nSPS) is 16.4. The van der Waals surface area contributed by atoms with Gasteiger partial charge in [-0.25, -0.2) is 13.8 Å². The molecule has 1 aromatic heterocycles. The van der Waals surface area contributed by atoms with Crippen LogP contribution in [0.15, 0.2) is 41.3 Å². The molecule has 29 heavy (non-hydrogen) atoms. The first-order chi connectivity index (χ1) is 14.0. The Morgan fingerprint density at radius 1 is 1.31 bits per heavy atom. The Bertz CT molecular complexity index is 1020. The summed E-state index contributed by atoms with van der Waals surface area (Å²) < 4.78 is 33.8. The van der Waals surface area contributed by atoms with E-state index < -0.39 is 11.6 Å². The van der Waals surface area contributed by atoms with Gasteiger partial charge < -0.3 is 4.74 Å². The van der Waals surface area contributed by atoms with Gasteiger partial charge in [0.05, 0.1) is 17.3 Å². The molecule has 1 aliphatic heterocycles. The monoisotopic (exact) mass is 434 g/mol. The van der Waals surface area contributed by atoms with Gasteiger partial charge in [-0.15, -0.1) is 11.8 Å². The zero-order valence-electron chi connectivity index (χ0n) is 15.9. The molecule has 1 saturated heterocycles.